The number of nitrogens with zero attached hydrogens (tertiary/aromatic N) is 1. The Bertz CT molecular complexity index is 709. The Morgan fingerprint density at radius 1 is 1.24 bits per heavy atom. The molecule has 2 rings (SSSR count). The van der Waals surface area contributed by atoms with Gasteiger partial charge in [0, 0.05) is 16.9 Å². The molecular formula is C18H19BrN2O4. The van der Waals surface area contributed by atoms with Crippen molar-refractivity contribution in [1.82, 2.24) is 10.3 Å². The zero-order valence-electron chi connectivity index (χ0n) is 13.8. The molecule has 1 heterocycles. The number of carbonyl (C=O) groups excluding carboxylic acids is 2. The maximum atomic E-state index is 11.9. The van der Waals surface area contributed by atoms with Crippen LogP contribution in [-0.4, -0.2) is 36.1 Å². The van der Waals surface area contributed by atoms with E-state index in [1.807, 2.05) is 30.3 Å². The minimum Gasteiger partial charge on any atom is -0.462 e. The van der Waals surface area contributed by atoms with Crippen LogP contribution >= 0.6 is 15.9 Å². The van der Waals surface area contributed by atoms with E-state index >= 15 is 0 Å². The third kappa shape index (κ3) is 6.64. The Hall–Kier alpha value is -2.25. The zero-order valence-corrected chi connectivity index (χ0v) is 15.4. The molecule has 1 N–H and O–H groups in total. The summed E-state index contributed by atoms with van der Waals surface area (Å²) in [6.45, 7) is 2.26. The summed E-state index contributed by atoms with van der Waals surface area (Å²) >= 11 is 3.25. The first-order valence-corrected chi connectivity index (χ1v) is 8.56. The van der Waals surface area contributed by atoms with Crippen molar-refractivity contribution in [3.63, 3.8) is 0 Å². The van der Waals surface area contributed by atoms with Crippen molar-refractivity contribution in [2.45, 2.75) is 19.6 Å². The molecule has 0 bridgehead atoms. The average Bonchev–Trinajstić information content (AvgIpc) is 2.63. The number of aromatic nitrogens is 1. The van der Waals surface area contributed by atoms with Gasteiger partial charge in [0.1, 0.15) is 6.61 Å². The molecule has 2 aromatic rings. The van der Waals surface area contributed by atoms with Crippen molar-refractivity contribution in [3.05, 3.63) is 64.4 Å². The second kappa shape index (κ2) is 9.90. The van der Waals surface area contributed by atoms with E-state index in [1.165, 1.54) is 6.20 Å². The van der Waals surface area contributed by atoms with E-state index in [9.17, 15) is 9.59 Å². The Morgan fingerprint density at radius 2 is 2.00 bits per heavy atom. The standard InChI is InChI=1S/C18H19BrN2O4/c1-13(25-12-14-5-3-2-4-6-14)18(23)24-8-7-21-17(22)15-9-16(19)11-20-10-15/h2-6,9-11,13H,7-8,12H2,1H3,(H,21,22). The van der Waals surface area contributed by atoms with Gasteiger partial charge in [-0.05, 0) is 34.5 Å². The predicted octanol–water partition coefficient (Wildman–Crippen LogP) is 2.72. The molecule has 0 aliphatic carbocycles. The fourth-order valence-corrected chi connectivity index (χ4v) is 2.30. The Kier molecular flexibility index (Phi) is 7.56. The summed E-state index contributed by atoms with van der Waals surface area (Å²) in [6, 6.07) is 11.2. The normalized spacial score (nSPS) is 11.6. The minimum absolute atomic E-state index is 0.0744. The maximum absolute atomic E-state index is 11.9. The van der Waals surface area contributed by atoms with E-state index in [-0.39, 0.29) is 19.1 Å². The van der Waals surface area contributed by atoms with Crippen LogP contribution in [0.1, 0.15) is 22.8 Å². The third-order valence-corrected chi connectivity index (χ3v) is 3.71. The summed E-state index contributed by atoms with van der Waals surface area (Å²) < 4.78 is 11.3. The largest absolute Gasteiger partial charge is 0.462 e. The number of carbonyl (C=O) groups is 2. The highest BCUT2D eigenvalue weighted by atomic mass is 79.9. The first-order chi connectivity index (χ1) is 12.1. The maximum Gasteiger partial charge on any atom is 0.335 e. The highest BCUT2D eigenvalue weighted by molar-refractivity contribution is 9.10. The van der Waals surface area contributed by atoms with Crippen LogP contribution in [0.15, 0.2) is 53.3 Å². The van der Waals surface area contributed by atoms with Crippen LogP contribution < -0.4 is 5.32 Å². The highest BCUT2D eigenvalue weighted by Crippen LogP contribution is 2.09. The average molecular weight is 407 g/mol. The SMILES string of the molecule is CC(OCc1ccccc1)C(=O)OCCNC(=O)c1cncc(Br)c1. The number of amides is 1. The Morgan fingerprint density at radius 3 is 2.72 bits per heavy atom. The molecule has 6 nitrogen and oxygen atoms in total. The van der Waals surface area contributed by atoms with E-state index in [0.29, 0.717) is 12.2 Å². The molecule has 0 aliphatic rings. The number of nitrogens with one attached hydrogen (secondary N) is 1. The topological polar surface area (TPSA) is 77.5 Å². The molecule has 132 valence electrons. The lowest BCUT2D eigenvalue weighted by atomic mass is 10.2. The zero-order chi connectivity index (χ0) is 18.1. The highest BCUT2D eigenvalue weighted by Gasteiger charge is 2.15. The van der Waals surface area contributed by atoms with Crippen LogP contribution in [0, 0.1) is 0 Å². The number of esters is 1. The second-order valence-electron chi connectivity index (χ2n) is 5.25. The lowest BCUT2D eigenvalue weighted by Crippen LogP contribution is -2.30. The number of pyridine rings is 1. The third-order valence-electron chi connectivity index (χ3n) is 3.27. The van der Waals surface area contributed by atoms with Gasteiger partial charge in [-0.15, -0.1) is 0 Å². The summed E-state index contributed by atoms with van der Waals surface area (Å²) in [5, 5.41) is 2.66. The van der Waals surface area contributed by atoms with Gasteiger partial charge in [-0.2, -0.15) is 0 Å². The van der Waals surface area contributed by atoms with Gasteiger partial charge in [-0.25, -0.2) is 4.79 Å². The molecule has 0 spiro atoms. The smallest absolute Gasteiger partial charge is 0.335 e. The van der Waals surface area contributed by atoms with Crippen molar-refractivity contribution >= 4 is 27.8 Å². The van der Waals surface area contributed by atoms with Gasteiger partial charge in [0.25, 0.3) is 5.91 Å². The van der Waals surface area contributed by atoms with Gasteiger partial charge < -0.3 is 14.8 Å². The Balaban J connectivity index is 1.65. The number of hydrogen-bond acceptors (Lipinski definition) is 5. The molecule has 0 aliphatic heterocycles. The summed E-state index contributed by atoms with van der Waals surface area (Å²) in [6.07, 6.45) is 2.38. The van der Waals surface area contributed by atoms with Crippen molar-refractivity contribution in [2.75, 3.05) is 13.2 Å². The summed E-state index contributed by atoms with van der Waals surface area (Å²) in [5.74, 6) is -0.743. The second-order valence-corrected chi connectivity index (χ2v) is 6.17. The number of benzene rings is 1. The molecule has 1 aromatic heterocycles. The molecule has 7 heteroatoms. The van der Waals surface area contributed by atoms with Crippen LogP contribution in [0.2, 0.25) is 0 Å². The van der Waals surface area contributed by atoms with Crippen LogP contribution in [0.25, 0.3) is 0 Å². The van der Waals surface area contributed by atoms with Crippen LogP contribution in [-0.2, 0) is 20.9 Å². The molecule has 0 saturated heterocycles. The van der Waals surface area contributed by atoms with E-state index in [1.54, 1.807) is 19.2 Å². The van der Waals surface area contributed by atoms with Gasteiger partial charge in [-0.3, -0.25) is 9.78 Å². The summed E-state index contributed by atoms with van der Waals surface area (Å²) in [7, 11) is 0. The first kappa shape index (κ1) is 19.1. The van der Waals surface area contributed by atoms with Crippen molar-refractivity contribution < 1.29 is 19.1 Å². The van der Waals surface area contributed by atoms with Crippen LogP contribution in [0.3, 0.4) is 0 Å². The number of rotatable bonds is 8. The molecule has 1 amide bonds. The molecule has 0 saturated carbocycles. The lowest BCUT2D eigenvalue weighted by Gasteiger charge is -2.13. The molecular weight excluding hydrogens is 388 g/mol. The Labute approximate surface area is 154 Å². The molecule has 0 fully saturated rings. The minimum atomic E-state index is -0.676. The van der Waals surface area contributed by atoms with Crippen LogP contribution in [0.4, 0.5) is 0 Å². The van der Waals surface area contributed by atoms with Gasteiger partial charge in [0.2, 0.25) is 0 Å². The first-order valence-electron chi connectivity index (χ1n) is 7.77. The van der Waals surface area contributed by atoms with E-state index < -0.39 is 12.1 Å². The fourth-order valence-electron chi connectivity index (χ4n) is 1.94. The van der Waals surface area contributed by atoms with Gasteiger partial charge in [-0.1, -0.05) is 30.3 Å². The van der Waals surface area contributed by atoms with Gasteiger partial charge in [0.05, 0.1) is 18.7 Å². The van der Waals surface area contributed by atoms with Crippen molar-refractivity contribution in [1.29, 1.82) is 0 Å². The number of ether oxygens (including phenoxy) is 2. The molecule has 1 aromatic carbocycles. The number of halogens is 1. The summed E-state index contributed by atoms with van der Waals surface area (Å²) in [5.41, 5.74) is 1.41. The van der Waals surface area contributed by atoms with Crippen LogP contribution in [0.5, 0.6) is 0 Å². The molecule has 0 radical (unpaired) electrons. The molecule has 1 atom stereocenters. The molecule has 1 unspecified atom stereocenters. The van der Waals surface area contributed by atoms with Crippen molar-refractivity contribution in [3.8, 4) is 0 Å². The molecule has 25 heavy (non-hydrogen) atoms. The van der Waals surface area contributed by atoms with E-state index in [0.717, 1.165) is 10.0 Å². The predicted molar refractivity (Wildman–Crippen MR) is 95.9 cm³/mol. The van der Waals surface area contributed by atoms with E-state index in [4.69, 9.17) is 9.47 Å². The van der Waals surface area contributed by atoms with Gasteiger partial charge >= 0.3 is 5.97 Å². The summed E-state index contributed by atoms with van der Waals surface area (Å²) in [4.78, 5) is 27.7. The van der Waals surface area contributed by atoms with Crippen molar-refractivity contribution in [2.24, 2.45) is 0 Å². The quantitative estimate of drug-likeness (QED) is 0.538. The van der Waals surface area contributed by atoms with Gasteiger partial charge in [0.15, 0.2) is 6.10 Å². The lowest BCUT2D eigenvalue weighted by molar-refractivity contribution is -0.156. The van der Waals surface area contributed by atoms with E-state index in [2.05, 4.69) is 26.2 Å². The fraction of sp³-hybridized carbons (Fsp3) is 0.278. The monoisotopic (exact) mass is 406 g/mol. The number of hydrogen-bond donors (Lipinski definition) is 1.